The average Bonchev–Trinajstić information content (AvgIpc) is 2.49. The Morgan fingerprint density at radius 1 is 1.20 bits per heavy atom. The van der Waals surface area contributed by atoms with Crippen molar-refractivity contribution in [2.45, 2.75) is 26.2 Å². The van der Waals surface area contributed by atoms with Gasteiger partial charge in [0.2, 0.25) is 0 Å². The van der Waals surface area contributed by atoms with E-state index in [1.165, 1.54) is 5.56 Å². The molecule has 20 heavy (non-hydrogen) atoms. The number of hydrogen-bond acceptors (Lipinski definition) is 2. The maximum Gasteiger partial charge on any atom is 0.141 e. The normalized spacial score (nSPS) is 11.7. The SMILES string of the molecule is CCC(C)c1ccc(Oc2ccc(C#N)cc2Br)cc1. The molecule has 2 aromatic carbocycles. The fourth-order valence-corrected chi connectivity index (χ4v) is 2.34. The van der Waals surface area contributed by atoms with Crippen LogP contribution >= 0.6 is 15.9 Å². The summed E-state index contributed by atoms with van der Waals surface area (Å²) in [6.45, 7) is 4.40. The van der Waals surface area contributed by atoms with Crippen molar-refractivity contribution in [3.8, 4) is 17.6 Å². The Morgan fingerprint density at radius 3 is 2.45 bits per heavy atom. The van der Waals surface area contributed by atoms with Gasteiger partial charge in [-0.15, -0.1) is 0 Å². The molecule has 0 spiro atoms. The van der Waals surface area contributed by atoms with Gasteiger partial charge in [0.1, 0.15) is 11.5 Å². The first-order chi connectivity index (χ1) is 9.63. The van der Waals surface area contributed by atoms with Crippen molar-refractivity contribution in [1.29, 1.82) is 5.26 Å². The molecule has 0 aliphatic carbocycles. The monoisotopic (exact) mass is 329 g/mol. The highest BCUT2D eigenvalue weighted by molar-refractivity contribution is 9.10. The smallest absolute Gasteiger partial charge is 0.141 e. The number of rotatable bonds is 4. The molecule has 0 saturated carbocycles. The fraction of sp³-hybridized carbons (Fsp3) is 0.235. The zero-order valence-corrected chi connectivity index (χ0v) is 13.1. The average molecular weight is 330 g/mol. The highest BCUT2D eigenvalue weighted by atomic mass is 79.9. The Morgan fingerprint density at radius 2 is 1.90 bits per heavy atom. The van der Waals surface area contributed by atoms with E-state index in [9.17, 15) is 0 Å². The van der Waals surface area contributed by atoms with E-state index in [1.54, 1.807) is 18.2 Å². The van der Waals surface area contributed by atoms with Crippen LogP contribution in [0.5, 0.6) is 11.5 Å². The van der Waals surface area contributed by atoms with Gasteiger partial charge in [-0.2, -0.15) is 5.26 Å². The Bertz CT molecular complexity index is 628. The van der Waals surface area contributed by atoms with E-state index in [2.05, 4.69) is 48.0 Å². The number of halogens is 1. The van der Waals surface area contributed by atoms with Crippen molar-refractivity contribution in [1.82, 2.24) is 0 Å². The molecule has 3 heteroatoms. The highest BCUT2D eigenvalue weighted by Crippen LogP contribution is 2.31. The van der Waals surface area contributed by atoms with E-state index < -0.39 is 0 Å². The largest absolute Gasteiger partial charge is 0.456 e. The van der Waals surface area contributed by atoms with Gasteiger partial charge < -0.3 is 4.74 Å². The molecule has 2 nitrogen and oxygen atoms in total. The lowest BCUT2D eigenvalue weighted by molar-refractivity contribution is 0.479. The van der Waals surface area contributed by atoms with Crippen LogP contribution in [0, 0.1) is 11.3 Å². The molecular formula is C17H16BrNO. The molecule has 102 valence electrons. The van der Waals surface area contributed by atoms with Crippen molar-refractivity contribution in [3.63, 3.8) is 0 Å². The van der Waals surface area contributed by atoms with Gasteiger partial charge in [-0.05, 0) is 64.2 Å². The highest BCUT2D eigenvalue weighted by Gasteiger charge is 2.06. The molecule has 0 bridgehead atoms. The van der Waals surface area contributed by atoms with Gasteiger partial charge in [-0.3, -0.25) is 0 Å². The van der Waals surface area contributed by atoms with E-state index in [4.69, 9.17) is 10.00 Å². The molecular weight excluding hydrogens is 314 g/mol. The summed E-state index contributed by atoms with van der Waals surface area (Å²) in [6, 6.07) is 15.5. The standard InChI is InChI=1S/C17H16BrNO/c1-3-12(2)14-5-7-15(8-6-14)20-17-9-4-13(11-19)10-16(17)18/h4-10,12H,3H2,1-2H3. The van der Waals surface area contributed by atoms with E-state index >= 15 is 0 Å². The lowest BCUT2D eigenvalue weighted by atomic mass is 9.99. The Labute approximate surface area is 128 Å². The molecule has 0 saturated heterocycles. The molecule has 0 amide bonds. The minimum Gasteiger partial charge on any atom is -0.456 e. The van der Waals surface area contributed by atoms with Gasteiger partial charge in [0.15, 0.2) is 0 Å². The quantitative estimate of drug-likeness (QED) is 0.728. The summed E-state index contributed by atoms with van der Waals surface area (Å²) >= 11 is 3.42. The van der Waals surface area contributed by atoms with Crippen LogP contribution in [0.2, 0.25) is 0 Å². The van der Waals surface area contributed by atoms with Gasteiger partial charge in [0, 0.05) is 0 Å². The Balaban J connectivity index is 2.16. The molecule has 0 radical (unpaired) electrons. The zero-order valence-electron chi connectivity index (χ0n) is 11.6. The number of benzene rings is 2. The summed E-state index contributed by atoms with van der Waals surface area (Å²) in [6.07, 6.45) is 1.13. The van der Waals surface area contributed by atoms with Crippen molar-refractivity contribution in [2.75, 3.05) is 0 Å². The first-order valence-electron chi connectivity index (χ1n) is 6.61. The third-order valence-electron chi connectivity index (χ3n) is 3.35. The van der Waals surface area contributed by atoms with Gasteiger partial charge >= 0.3 is 0 Å². The lowest BCUT2D eigenvalue weighted by Crippen LogP contribution is -1.91. The topological polar surface area (TPSA) is 33.0 Å². The van der Waals surface area contributed by atoms with Gasteiger partial charge in [-0.1, -0.05) is 26.0 Å². The van der Waals surface area contributed by atoms with E-state index in [0.717, 1.165) is 16.6 Å². The minimum atomic E-state index is 0.561. The van der Waals surface area contributed by atoms with Crippen molar-refractivity contribution >= 4 is 15.9 Å². The van der Waals surface area contributed by atoms with Crippen LogP contribution in [0.1, 0.15) is 37.3 Å². The maximum atomic E-state index is 8.84. The molecule has 0 N–H and O–H groups in total. The van der Waals surface area contributed by atoms with E-state index in [-0.39, 0.29) is 0 Å². The molecule has 1 atom stereocenters. The van der Waals surface area contributed by atoms with Crippen LogP contribution in [0.15, 0.2) is 46.9 Å². The molecule has 0 aliphatic rings. The van der Waals surface area contributed by atoms with E-state index in [1.807, 2.05) is 12.1 Å². The number of hydrogen-bond donors (Lipinski definition) is 0. The predicted octanol–water partition coefficient (Wildman–Crippen LogP) is 5.63. The maximum absolute atomic E-state index is 8.84. The van der Waals surface area contributed by atoms with Gasteiger partial charge in [0.05, 0.1) is 16.1 Å². The Hall–Kier alpha value is -1.79. The minimum absolute atomic E-state index is 0.561. The van der Waals surface area contributed by atoms with Crippen LogP contribution in [0.25, 0.3) is 0 Å². The van der Waals surface area contributed by atoms with Crippen molar-refractivity contribution < 1.29 is 4.74 Å². The summed E-state index contributed by atoms with van der Waals surface area (Å²) in [5, 5.41) is 8.84. The number of nitrogens with zero attached hydrogens (tertiary/aromatic N) is 1. The molecule has 2 rings (SSSR count). The van der Waals surface area contributed by atoms with Crippen LogP contribution in [-0.2, 0) is 0 Å². The summed E-state index contributed by atoms with van der Waals surface area (Å²) in [5.41, 5.74) is 1.93. The van der Waals surface area contributed by atoms with Crippen molar-refractivity contribution in [3.05, 3.63) is 58.1 Å². The predicted molar refractivity (Wildman–Crippen MR) is 84.1 cm³/mol. The Kier molecular flexibility index (Phi) is 4.81. The van der Waals surface area contributed by atoms with Crippen LogP contribution in [0.3, 0.4) is 0 Å². The van der Waals surface area contributed by atoms with Crippen LogP contribution in [-0.4, -0.2) is 0 Å². The third kappa shape index (κ3) is 3.40. The van der Waals surface area contributed by atoms with Crippen LogP contribution in [0.4, 0.5) is 0 Å². The van der Waals surface area contributed by atoms with E-state index in [0.29, 0.717) is 17.2 Å². The lowest BCUT2D eigenvalue weighted by Gasteiger charge is -2.11. The number of ether oxygens (including phenoxy) is 1. The summed E-state index contributed by atoms with van der Waals surface area (Å²) < 4.78 is 6.60. The van der Waals surface area contributed by atoms with Crippen LogP contribution < -0.4 is 4.74 Å². The first kappa shape index (κ1) is 14.6. The van der Waals surface area contributed by atoms with Gasteiger partial charge in [0.25, 0.3) is 0 Å². The van der Waals surface area contributed by atoms with Gasteiger partial charge in [-0.25, -0.2) is 0 Å². The van der Waals surface area contributed by atoms with Crippen molar-refractivity contribution in [2.24, 2.45) is 0 Å². The zero-order chi connectivity index (χ0) is 14.5. The summed E-state index contributed by atoms with van der Waals surface area (Å²) in [4.78, 5) is 0. The molecule has 2 aromatic rings. The molecule has 1 unspecified atom stereocenters. The second-order valence-corrected chi connectivity index (χ2v) is 5.59. The summed E-state index contributed by atoms with van der Waals surface area (Å²) in [7, 11) is 0. The molecule has 0 fully saturated rings. The summed E-state index contributed by atoms with van der Waals surface area (Å²) in [5.74, 6) is 2.06. The fourth-order valence-electron chi connectivity index (χ4n) is 1.88. The molecule has 0 aliphatic heterocycles. The molecule has 0 aromatic heterocycles. The third-order valence-corrected chi connectivity index (χ3v) is 3.97. The second kappa shape index (κ2) is 6.58. The second-order valence-electron chi connectivity index (χ2n) is 4.74. The molecule has 0 heterocycles. The number of nitriles is 1. The first-order valence-corrected chi connectivity index (χ1v) is 7.40.